The zero-order valence-electron chi connectivity index (χ0n) is 25.3. The van der Waals surface area contributed by atoms with E-state index in [0.29, 0.717) is 27.1 Å². The van der Waals surface area contributed by atoms with Crippen LogP contribution in [0.1, 0.15) is 158 Å². The standard InChI is InChI=1S/C35H62/c1-9-10-11-12-14-25(2)26-17-22-32(5)27(26)18-23-34(7)29(32)15-16-30-33(6)21-13-20-31(3,4)28(33)19-24-35(30,34)8/h25-30H,9-24H2,1-8H3/t25-,26+,27-,28+,29-,30+,32+,33+,34+,35-/m1/s1. The minimum absolute atomic E-state index is 0.557. The summed E-state index contributed by atoms with van der Waals surface area (Å²) in [6.45, 7) is 21.5. The van der Waals surface area contributed by atoms with E-state index in [9.17, 15) is 0 Å². The van der Waals surface area contributed by atoms with Gasteiger partial charge in [0.15, 0.2) is 0 Å². The van der Waals surface area contributed by atoms with Crippen molar-refractivity contribution in [1.82, 2.24) is 0 Å². The number of fused-ring (bicyclic) bond motifs is 7. The summed E-state index contributed by atoms with van der Waals surface area (Å²) >= 11 is 0. The highest BCUT2D eigenvalue weighted by molar-refractivity contribution is 5.19. The van der Waals surface area contributed by atoms with E-state index >= 15 is 0 Å². The second-order valence-corrected chi connectivity index (χ2v) is 16.6. The first-order chi connectivity index (χ1) is 16.4. The maximum atomic E-state index is 2.84. The molecule has 10 atom stereocenters. The molecule has 0 bridgehead atoms. The van der Waals surface area contributed by atoms with E-state index < -0.39 is 0 Å². The zero-order valence-corrected chi connectivity index (χ0v) is 25.3. The highest BCUT2D eigenvalue weighted by Gasteiger charge is 2.70. The summed E-state index contributed by atoms with van der Waals surface area (Å²) in [6.07, 6.45) is 24.0. The van der Waals surface area contributed by atoms with Crippen molar-refractivity contribution >= 4 is 0 Å². The molecule has 0 amide bonds. The lowest BCUT2D eigenvalue weighted by molar-refractivity contribution is -0.241. The fourth-order valence-electron chi connectivity index (χ4n) is 13.1. The van der Waals surface area contributed by atoms with E-state index in [2.05, 4.69) is 55.4 Å². The molecule has 0 unspecified atom stereocenters. The Hall–Kier alpha value is 0. The first-order valence-electron chi connectivity index (χ1n) is 16.4. The average Bonchev–Trinajstić information content (AvgIpc) is 3.13. The van der Waals surface area contributed by atoms with E-state index in [0.717, 1.165) is 35.5 Å². The molecule has 5 saturated carbocycles. The van der Waals surface area contributed by atoms with Crippen LogP contribution < -0.4 is 0 Å². The Morgan fingerprint density at radius 2 is 1.29 bits per heavy atom. The van der Waals surface area contributed by atoms with Gasteiger partial charge in [0.25, 0.3) is 0 Å². The van der Waals surface area contributed by atoms with Crippen molar-refractivity contribution in [2.24, 2.45) is 62.6 Å². The van der Waals surface area contributed by atoms with Gasteiger partial charge >= 0.3 is 0 Å². The van der Waals surface area contributed by atoms with Crippen LogP contribution in [0.3, 0.4) is 0 Å². The van der Waals surface area contributed by atoms with Crippen molar-refractivity contribution in [3.63, 3.8) is 0 Å². The maximum absolute atomic E-state index is 2.84. The van der Waals surface area contributed by atoms with Gasteiger partial charge in [-0.2, -0.15) is 0 Å². The van der Waals surface area contributed by atoms with Crippen LogP contribution in [0, 0.1) is 62.6 Å². The number of rotatable bonds is 6. The summed E-state index contributed by atoms with van der Waals surface area (Å²) in [6, 6.07) is 0. The van der Waals surface area contributed by atoms with Gasteiger partial charge in [0.1, 0.15) is 0 Å². The van der Waals surface area contributed by atoms with Gasteiger partial charge < -0.3 is 0 Å². The molecule has 0 aliphatic heterocycles. The minimum atomic E-state index is 0.557. The second-order valence-electron chi connectivity index (χ2n) is 16.6. The van der Waals surface area contributed by atoms with Gasteiger partial charge in [-0.05, 0) is 127 Å². The van der Waals surface area contributed by atoms with E-state index in [1.54, 1.807) is 19.3 Å². The molecule has 0 heteroatoms. The Morgan fingerprint density at radius 1 is 0.629 bits per heavy atom. The van der Waals surface area contributed by atoms with Crippen LogP contribution in [0.2, 0.25) is 0 Å². The molecular formula is C35H62. The van der Waals surface area contributed by atoms with Crippen LogP contribution in [0.15, 0.2) is 0 Å². The lowest BCUT2D eigenvalue weighted by atomic mass is 9.32. The fraction of sp³-hybridized carbons (Fsp3) is 1.00. The quantitative estimate of drug-likeness (QED) is 0.330. The van der Waals surface area contributed by atoms with Crippen LogP contribution in [-0.2, 0) is 0 Å². The van der Waals surface area contributed by atoms with Gasteiger partial charge in [-0.15, -0.1) is 0 Å². The Morgan fingerprint density at radius 3 is 1.97 bits per heavy atom. The van der Waals surface area contributed by atoms with Gasteiger partial charge in [0, 0.05) is 0 Å². The predicted molar refractivity (Wildman–Crippen MR) is 152 cm³/mol. The Kier molecular flexibility index (Phi) is 6.87. The van der Waals surface area contributed by atoms with Gasteiger partial charge in [-0.1, -0.05) is 93.9 Å². The Labute approximate surface area is 220 Å². The fourth-order valence-corrected chi connectivity index (χ4v) is 13.1. The van der Waals surface area contributed by atoms with Crippen molar-refractivity contribution in [3.05, 3.63) is 0 Å². The molecule has 5 rings (SSSR count). The van der Waals surface area contributed by atoms with E-state index in [4.69, 9.17) is 0 Å². The van der Waals surface area contributed by atoms with Crippen molar-refractivity contribution in [2.75, 3.05) is 0 Å². The predicted octanol–water partition coefficient (Wildman–Crippen LogP) is 11.1. The Bertz CT molecular complexity index is 764. The van der Waals surface area contributed by atoms with Gasteiger partial charge in [-0.3, -0.25) is 0 Å². The topological polar surface area (TPSA) is 0 Å². The summed E-state index contributed by atoms with van der Waals surface area (Å²) in [5, 5.41) is 0. The third kappa shape index (κ3) is 3.78. The molecule has 5 aliphatic rings. The van der Waals surface area contributed by atoms with Crippen LogP contribution >= 0.6 is 0 Å². The summed E-state index contributed by atoms with van der Waals surface area (Å²) in [7, 11) is 0. The minimum Gasteiger partial charge on any atom is -0.0654 e. The largest absolute Gasteiger partial charge is 0.0654 e. The number of hydrogen-bond acceptors (Lipinski definition) is 0. The van der Waals surface area contributed by atoms with Gasteiger partial charge in [-0.25, -0.2) is 0 Å². The second kappa shape index (κ2) is 9.04. The SMILES string of the molecule is CCCCCC[C@@H](C)[C@@H]1CC[C@@]2(C)[C@@H]1CC[C@@]1(C)[C@@H]2CC[C@H]2[C@@]3(C)CCCC(C)(C)[C@@H]3CC[C@]21C. The molecule has 202 valence electrons. The molecule has 0 radical (unpaired) electrons. The third-order valence-corrected chi connectivity index (χ3v) is 15.0. The maximum Gasteiger partial charge on any atom is -0.0235 e. The summed E-state index contributed by atoms with van der Waals surface area (Å²) in [5.41, 5.74) is 2.89. The van der Waals surface area contributed by atoms with Crippen molar-refractivity contribution in [3.8, 4) is 0 Å². The van der Waals surface area contributed by atoms with Crippen LogP contribution in [0.25, 0.3) is 0 Å². The number of unbranched alkanes of at least 4 members (excludes halogenated alkanes) is 3. The summed E-state index contributed by atoms with van der Waals surface area (Å²) in [4.78, 5) is 0. The number of hydrogen-bond donors (Lipinski definition) is 0. The molecule has 5 fully saturated rings. The lowest BCUT2D eigenvalue weighted by Crippen LogP contribution is -2.65. The van der Waals surface area contributed by atoms with Crippen LogP contribution in [0.4, 0.5) is 0 Å². The van der Waals surface area contributed by atoms with Crippen LogP contribution in [-0.4, -0.2) is 0 Å². The molecule has 0 heterocycles. The first-order valence-corrected chi connectivity index (χ1v) is 16.4. The van der Waals surface area contributed by atoms with Crippen molar-refractivity contribution in [1.29, 1.82) is 0 Å². The third-order valence-electron chi connectivity index (χ3n) is 15.0. The normalized spacial score (nSPS) is 51.6. The molecule has 0 aromatic rings. The average molecular weight is 483 g/mol. The van der Waals surface area contributed by atoms with Crippen molar-refractivity contribution in [2.45, 2.75) is 158 Å². The Balaban J connectivity index is 1.38. The van der Waals surface area contributed by atoms with Gasteiger partial charge in [0.2, 0.25) is 0 Å². The molecule has 0 aromatic carbocycles. The molecule has 0 spiro atoms. The molecular weight excluding hydrogens is 420 g/mol. The highest BCUT2D eigenvalue weighted by atomic mass is 14.7. The first kappa shape index (κ1) is 26.6. The zero-order chi connectivity index (χ0) is 25.3. The van der Waals surface area contributed by atoms with E-state index in [-0.39, 0.29) is 0 Å². The van der Waals surface area contributed by atoms with Gasteiger partial charge in [0.05, 0.1) is 0 Å². The molecule has 5 aliphatic carbocycles. The summed E-state index contributed by atoms with van der Waals surface area (Å²) < 4.78 is 0. The summed E-state index contributed by atoms with van der Waals surface area (Å²) in [5.74, 6) is 5.88. The monoisotopic (exact) mass is 482 g/mol. The molecule has 0 aromatic heterocycles. The highest BCUT2D eigenvalue weighted by Crippen LogP contribution is 2.78. The van der Waals surface area contributed by atoms with E-state index in [1.165, 1.54) is 83.5 Å². The molecule has 0 N–H and O–H groups in total. The van der Waals surface area contributed by atoms with E-state index in [1.807, 2.05) is 0 Å². The molecule has 0 saturated heterocycles. The molecule has 0 nitrogen and oxygen atoms in total. The van der Waals surface area contributed by atoms with Crippen molar-refractivity contribution < 1.29 is 0 Å². The lowest BCUT2D eigenvalue weighted by Gasteiger charge is -2.73. The molecule has 35 heavy (non-hydrogen) atoms. The van der Waals surface area contributed by atoms with Crippen LogP contribution in [0.5, 0.6) is 0 Å². The smallest absolute Gasteiger partial charge is 0.0235 e.